The molecule has 0 bridgehead atoms. The molecule has 0 saturated heterocycles. The van der Waals surface area contributed by atoms with Crippen LogP contribution in [0.4, 0.5) is 14.6 Å². The monoisotopic (exact) mass is 762 g/mol. The Balaban J connectivity index is 1.49. The normalized spacial score (nSPS) is 22.6. The Morgan fingerprint density at radius 1 is 1.00 bits per heavy atom. The molecule has 54 heavy (non-hydrogen) atoms. The van der Waals surface area contributed by atoms with E-state index >= 15 is 0 Å². The fourth-order valence-electron chi connectivity index (χ4n) is 6.85. The third-order valence-corrected chi connectivity index (χ3v) is 10.3. The van der Waals surface area contributed by atoms with Crippen LogP contribution in [-0.2, 0) is 30.4 Å². The summed E-state index contributed by atoms with van der Waals surface area (Å²) in [5.74, 6) is 0.815. The van der Waals surface area contributed by atoms with E-state index in [4.69, 9.17) is 37.5 Å². The summed E-state index contributed by atoms with van der Waals surface area (Å²) in [6.07, 6.45) is -0.681. The van der Waals surface area contributed by atoms with Crippen LogP contribution in [0.2, 0.25) is 5.02 Å². The van der Waals surface area contributed by atoms with Crippen molar-refractivity contribution in [2.24, 2.45) is 34.6 Å². The number of nitrogens with one attached hydrogen (secondary N) is 2. The van der Waals surface area contributed by atoms with Crippen LogP contribution in [0.3, 0.4) is 0 Å². The fraction of sp³-hybridized carbons (Fsp3) is 0.421. The highest BCUT2D eigenvalue weighted by Gasteiger charge is 2.78. The van der Waals surface area contributed by atoms with Crippen LogP contribution < -0.4 is 22.1 Å². The zero-order valence-electron chi connectivity index (χ0n) is 30.3. The molecule has 2 aliphatic carbocycles. The number of anilines is 1. The van der Waals surface area contributed by atoms with E-state index in [0.29, 0.717) is 10.5 Å². The Labute approximate surface area is 315 Å². The number of imidazole rings is 1. The molecule has 4 aromatic rings. The van der Waals surface area contributed by atoms with Gasteiger partial charge in [0, 0.05) is 30.1 Å². The quantitative estimate of drug-likeness (QED) is 0.128. The lowest BCUT2D eigenvalue weighted by Crippen LogP contribution is -2.50. The summed E-state index contributed by atoms with van der Waals surface area (Å²) in [6, 6.07) is 7.60. The third-order valence-electron chi connectivity index (χ3n) is 10.1. The first-order valence-electron chi connectivity index (χ1n) is 17.5. The molecular formula is C38H41ClF2N8O5. The van der Waals surface area contributed by atoms with Crippen molar-refractivity contribution < 1.29 is 32.6 Å². The molecule has 7 atom stereocenters. The van der Waals surface area contributed by atoms with Crippen LogP contribution in [0.25, 0.3) is 11.2 Å². The van der Waals surface area contributed by atoms with Crippen LogP contribution in [-0.4, -0.2) is 68.7 Å². The summed E-state index contributed by atoms with van der Waals surface area (Å²) < 4.78 is 41.5. The highest BCUT2D eigenvalue weighted by molar-refractivity contribution is 6.30. The Kier molecular flexibility index (Phi) is 10.9. The van der Waals surface area contributed by atoms with E-state index in [1.807, 2.05) is 6.07 Å². The summed E-state index contributed by atoms with van der Waals surface area (Å²) in [7, 11) is 1.48. The van der Waals surface area contributed by atoms with Gasteiger partial charge in [0.1, 0.15) is 12.1 Å². The first-order valence-corrected chi connectivity index (χ1v) is 17.9. The number of halogens is 3. The van der Waals surface area contributed by atoms with Gasteiger partial charge in [0.15, 0.2) is 40.8 Å². The molecule has 2 heterocycles. The number of esters is 2. The van der Waals surface area contributed by atoms with Crippen molar-refractivity contribution in [3.05, 3.63) is 82.4 Å². The van der Waals surface area contributed by atoms with E-state index in [1.54, 1.807) is 50.5 Å². The minimum atomic E-state index is -1.27. The first-order chi connectivity index (χ1) is 25.7. The molecule has 2 saturated carbocycles. The maximum Gasteiger partial charge on any atom is 0.323 e. The van der Waals surface area contributed by atoms with Crippen molar-refractivity contribution >= 4 is 46.4 Å². The lowest BCUT2D eigenvalue weighted by Gasteiger charge is -2.32. The highest BCUT2D eigenvalue weighted by atomic mass is 35.5. The molecule has 2 aromatic carbocycles. The van der Waals surface area contributed by atoms with Crippen LogP contribution in [0.15, 0.2) is 48.8 Å². The number of rotatable bonds is 11. The van der Waals surface area contributed by atoms with Crippen LogP contribution in [0.1, 0.15) is 57.1 Å². The second-order valence-corrected chi connectivity index (χ2v) is 14.7. The molecule has 16 heteroatoms. The molecule has 13 nitrogen and oxygen atoms in total. The predicted molar refractivity (Wildman–Crippen MR) is 195 cm³/mol. The number of nitrogens with zero attached hydrogens (tertiary/aromatic N) is 4. The lowest BCUT2D eigenvalue weighted by molar-refractivity contribution is -0.177. The summed E-state index contributed by atoms with van der Waals surface area (Å²) in [4.78, 5) is 54.6. The molecule has 6 rings (SSSR count). The van der Waals surface area contributed by atoms with Gasteiger partial charge in [0.2, 0.25) is 11.7 Å². The predicted octanol–water partition coefficient (Wildman–Crippen LogP) is 3.87. The van der Waals surface area contributed by atoms with Gasteiger partial charge in [-0.15, -0.1) is 0 Å². The molecule has 1 amide bonds. The fourth-order valence-corrected chi connectivity index (χ4v) is 7.06. The van der Waals surface area contributed by atoms with E-state index in [0.717, 1.165) is 17.7 Å². The van der Waals surface area contributed by atoms with Gasteiger partial charge in [-0.1, -0.05) is 57.3 Å². The lowest BCUT2D eigenvalue weighted by atomic mass is 9.96. The molecule has 0 radical (unpaired) electrons. The Bertz CT molecular complexity index is 2170. The largest absolute Gasteiger partial charge is 0.456 e. The molecule has 1 unspecified atom stereocenters. The van der Waals surface area contributed by atoms with E-state index in [-0.39, 0.29) is 47.7 Å². The van der Waals surface area contributed by atoms with E-state index < -0.39 is 71.1 Å². The highest BCUT2D eigenvalue weighted by Crippen LogP contribution is 2.69. The average Bonchev–Trinajstić information content (AvgIpc) is 3.65. The van der Waals surface area contributed by atoms with Gasteiger partial charge >= 0.3 is 11.9 Å². The zero-order valence-corrected chi connectivity index (χ0v) is 31.0. The van der Waals surface area contributed by atoms with Gasteiger partial charge in [-0.25, -0.2) is 23.7 Å². The topological polar surface area (TPSA) is 189 Å². The van der Waals surface area contributed by atoms with Crippen molar-refractivity contribution in [1.29, 1.82) is 0 Å². The average molecular weight is 763 g/mol. The van der Waals surface area contributed by atoms with Crippen LogP contribution in [0, 0.1) is 46.6 Å². The number of benzene rings is 2. The second-order valence-electron chi connectivity index (χ2n) is 14.3. The Hall–Kier alpha value is -5.17. The number of hydrogen-bond donors (Lipinski definition) is 4. The van der Waals surface area contributed by atoms with Gasteiger partial charge in [0.05, 0.1) is 17.8 Å². The Morgan fingerprint density at radius 2 is 1.70 bits per heavy atom. The molecule has 2 aromatic heterocycles. The number of nitrogens with two attached hydrogens (primary N) is 2. The maximum atomic E-state index is 14.0. The second kappa shape index (κ2) is 15.3. The van der Waals surface area contributed by atoms with E-state index in [9.17, 15) is 23.2 Å². The minimum Gasteiger partial charge on any atom is -0.456 e. The van der Waals surface area contributed by atoms with Crippen molar-refractivity contribution in [3.63, 3.8) is 0 Å². The van der Waals surface area contributed by atoms with Gasteiger partial charge in [-0.05, 0) is 60.1 Å². The van der Waals surface area contributed by atoms with Gasteiger partial charge < -0.3 is 36.1 Å². The number of carbonyl (C=O) groups is 3. The molecule has 6 N–H and O–H groups in total. The summed E-state index contributed by atoms with van der Waals surface area (Å²) in [5.41, 5.74) is 12.7. The minimum absolute atomic E-state index is 0.00445. The van der Waals surface area contributed by atoms with Gasteiger partial charge in [-0.2, -0.15) is 0 Å². The third kappa shape index (κ3) is 7.33. The van der Waals surface area contributed by atoms with Crippen molar-refractivity contribution in [2.75, 3.05) is 12.4 Å². The number of aromatic nitrogens is 4. The van der Waals surface area contributed by atoms with Crippen molar-refractivity contribution in [3.8, 4) is 11.8 Å². The molecule has 2 fully saturated rings. The number of carbonyl (C=O) groups excluding carboxylic acids is 3. The van der Waals surface area contributed by atoms with Crippen LogP contribution >= 0.6 is 11.6 Å². The van der Waals surface area contributed by atoms with E-state index in [2.05, 4.69) is 32.4 Å². The SMILES string of the molecule is CNC(=O)[C@@]12C[C@@H]1[C@@H](n1cnc3c(NCc4cccc(Cl)c4)nc(C#Cc4ccc(F)c(F)c4)nc31)[C@H](OC(=O)C(N)C(C)C)[C@@H]2OC(=O)[C@@H](N)C(C)C. The van der Waals surface area contributed by atoms with Gasteiger partial charge in [0.25, 0.3) is 0 Å². The Morgan fingerprint density at radius 3 is 2.35 bits per heavy atom. The molecule has 0 spiro atoms. The molecule has 284 valence electrons. The van der Waals surface area contributed by atoms with Gasteiger partial charge in [-0.3, -0.25) is 14.4 Å². The first kappa shape index (κ1) is 38.6. The zero-order chi connectivity index (χ0) is 39.1. The van der Waals surface area contributed by atoms with E-state index in [1.165, 1.54) is 19.4 Å². The number of amides is 1. The summed E-state index contributed by atoms with van der Waals surface area (Å²) >= 11 is 6.22. The standard InChI is InChI=1S/C38H41ClF2N8O5/c1-18(2)27(42)35(50)53-31-30(23-15-38(23,37(52)44-5)32(31)54-36(51)28(43)19(3)4)49-17-46-29-33(45-16-21-7-6-8-22(39)13-21)47-26(48-34(29)49)12-10-20-9-11-24(40)25(41)14-20/h6-9,11,13-14,17-19,23,27-28,30-32H,15-16,42-43H2,1-5H3,(H,44,52)(H,45,47,48)/t23-,27?,28+,30-,31+,32+,38+/m1/s1. The summed E-state index contributed by atoms with van der Waals surface area (Å²) in [6.45, 7) is 7.34. The molecule has 2 aliphatic rings. The number of ether oxygens (including phenoxy) is 2. The maximum absolute atomic E-state index is 14.0. The van der Waals surface area contributed by atoms with Crippen molar-refractivity contribution in [2.45, 2.75) is 71.0 Å². The van der Waals surface area contributed by atoms with Crippen molar-refractivity contribution in [1.82, 2.24) is 24.8 Å². The number of hydrogen-bond acceptors (Lipinski definition) is 11. The molecule has 0 aliphatic heterocycles. The smallest absolute Gasteiger partial charge is 0.323 e. The van der Waals surface area contributed by atoms with Crippen LogP contribution in [0.5, 0.6) is 0 Å². The number of fused-ring (bicyclic) bond motifs is 2. The molecular weight excluding hydrogens is 722 g/mol. The summed E-state index contributed by atoms with van der Waals surface area (Å²) in [5, 5.41) is 6.49.